The number of alkyl halides is 3. The van der Waals surface area contributed by atoms with Crippen LogP contribution in [0.25, 0.3) is 0 Å². The lowest BCUT2D eigenvalue weighted by Gasteiger charge is -2.19. The van der Waals surface area contributed by atoms with Crippen molar-refractivity contribution in [2.75, 3.05) is 19.8 Å². The number of hydrogen-bond acceptors (Lipinski definition) is 2. The molecule has 0 bridgehead atoms. The molecule has 0 spiro atoms. The molecule has 1 unspecified atom stereocenters. The van der Waals surface area contributed by atoms with Crippen LogP contribution in [0.3, 0.4) is 0 Å². The fraction of sp³-hybridized carbons (Fsp3) is 1.00. The molecule has 0 amide bonds. The van der Waals surface area contributed by atoms with Crippen LogP contribution in [0.2, 0.25) is 0 Å². The molecular formula is C11H22F3NO. The van der Waals surface area contributed by atoms with E-state index in [0.717, 1.165) is 12.8 Å². The van der Waals surface area contributed by atoms with Gasteiger partial charge in [0.2, 0.25) is 0 Å². The molecule has 0 aromatic rings. The van der Waals surface area contributed by atoms with Gasteiger partial charge >= 0.3 is 6.18 Å². The predicted octanol–water partition coefficient (Wildman–Crippen LogP) is 2.98. The fourth-order valence-corrected chi connectivity index (χ4v) is 1.40. The highest BCUT2D eigenvalue weighted by Crippen LogP contribution is 2.15. The van der Waals surface area contributed by atoms with Crippen LogP contribution in [0.5, 0.6) is 0 Å². The van der Waals surface area contributed by atoms with Crippen LogP contribution in [-0.2, 0) is 4.74 Å². The van der Waals surface area contributed by atoms with Gasteiger partial charge in [-0.2, -0.15) is 13.2 Å². The van der Waals surface area contributed by atoms with Gasteiger partial charge in [0.15, 0.2) is 0 Å². The van der Waals surface area contributed by atoms with E-state index >= 15 is 0 Å². The molecule has 0 aliphatic carbocycles. The highest BCUT2D eigenvalue weighted by molar-refractivity contribution is 4.64. The summed E-state index contributed by atoms with van der Waals surface area (Å²) in [7, 11) is 0. The zero-order valence-electron chi connectivity index (χ0n) is 10.2. The molecule has 0 saturated carbocycles. The predicted molar refractivity (Wildman–Crippen MR) is 58.4 cm³/mol. The lowest BCUT2D eigenvalue weighted by molar-refractivity contribution is -0.176. The van der Waals surface area contributed by atoms with E-state index in [1.54, 1.807) is 0 Å². The Morgan fingerprint density at radius 1 is 1.25 bits per heavy atom. The first-order valence-electron chi connectivity index (χ1n) is 5.73. The number of rotatable bonds is 8. The zero-order chi connectivity index (χ0) is 12.6. The maximum atomic E-state index is 11.9. The van der Waals surface area contributed by atoms with Gasteiger partial charge in [-0.15, -0.1) is 0 Å². The standard InChI is InChI=1S/C11H22F3NO/c1-4-5-10(6-15-9(2)3)7-16-8-11(12,13)14/h9-10,15H,4-8H2,1-3H3. The van der Waals surface area contributed by atoms with Crippen LogP contribution in [0.15, 0.2) is 0 Å². The van der Waals surface area contributed by atoms with Gasteiger partial charge in [0.25, 0.3) is 0 Å². The molecule has 0 radical (unpaired) electrons. The van der Waals surface area contributed by atoms with Gasteiger partial charge in [0, 0.05) is 12.6 Å². The summed E-state index contributed by atoms with van der Waals surface area (Å²) in [6.07, 6.45) is -2.38. The van der Waals surface area contributed by atoms with E-state index in [-0.39, 0.29) is 12.5 Å². The molecule has 16 heavy (non-hydrogen) atoms. The van der Waals surface area contributed by atoms with Crippen LogP contribution >= 0.6 is 0 Å². The van der Waals surface area contributed by atoms with Crippen molar-refractivity contribution in [1.82, 2.24) is 5.32 Å². The monoisotopic (exact) mass is 241 g/mol. The van der Waals surface area contributed by atoms with Crippen molar-refractivity contribution >= 4 is 0 Å². The van der Waals surface area contributed by atoms with Gasteiger partial charge in [0.05, 0.1) is 6.61 Å². The second-order valence-electron chi connectivity index (χ2n) is 4.35. The summed E-state index contributed by atoms with van der Waals surface area (Å²) in [6, 6.07) is 0.349. The summed E-state index contributed by atoms with van der Waals surface area (Å²) in [5.41, 5.74) is 0. The minimum Gasteiger partial charge on any atom is -0.372 e. The van der Waals surface area contributed by atoms with Crippen LogP contribution in [-0.4, -0.2) is 32.0 Å². The summed E-state index contributed by atoms with van der Waals surface area (Å²) >= 11 is 0. The van der Waals surface area contributed by atoms with Gasteiger partial charge in [-0.3, -0.25) is 0 Å². The van der Waals surface area contributed by atoms with Crippen molar-refractivity contribution < 1.29 is 17.9 Å². The quantitative estimate of drug-likeness (QED) is 0.705. The van der Waals surface area contributed by atoms with E-state index in [9.17, 15) is 13.2 Å². The number of halogens is 3. The Kier molecular flexibility index (Phi) is 7.76. The van der Waals surface area contributed by atoms with E-state index in [1.807, 2.05) is 20.8 Å². The largest absolute Gasteiger partial charge is 0.411 e. The lowest BCUT2D eigenvalue weighted by Crippen LogP contribution is -2.32. The van der Waals surface area contributed by atoms with Gasteiger partial charge in [-0.25, -0.2) is 0 Å². The third-order valence-electron chi connectivity index (χ3n) is 2.13. The van der Waals surface area contributed by atoms with Crippen molar-refractivity contribution in [3.8, 4) is 0 Å². The average molecular weight is 241 g/mol. The first kappa shape index (κ1) is 15.7. The van der Waals surface area contributed by atoms with Gasteiger partial charge < -0.3 is 10.1 Å². The Morgan fingerprint density at radius 2 is 1.88 bits per heavy atom. The molecule has 0 aliphatic rings. The molecule has 0 rings (SSSR count). The van der Waals surface area contributed by atoms with Crippen molar-refractivity contribution in [2.45, 2.75) is 45.8 Å². The maximum absolute atomic E-state index is 11.9. The normalized spacial score (nSPS) is 14.4. The Bertz CT molecular complexity index is 171. The van der Waals surface area contributed by atoms with E-state index in [4.69, 9.17) is 0 Å². The summed E-state index contributed by atoms with van der Waals surface area (Å²) in [4.78, 5) is 0. The minimum absolute atomic E-state index is 0.162. The van der Waals surface area contributed by atoms with E-state index < -0.39 is 12.8 Å². The third kappa shape index (κ3) is 10.2. The van der Waals surface area contributed by atoms with Crippen molar-refractivity contribution in [3.05, 3.63) is 0 Å². The number of nitrogens with one attached hydrogen (secondary N) is 1. The van der Waals surface area contributed by atoms with Crippen LogP contribution < -0.4 is 5.32 Å². The van der Waals surface area contributed by atoms with Crippen molar-refractivity contribution in [3.63, 3.8) is 0 Å². The SMILES string of the molecule is CCCC(CNC(C)C)COCC(F)(F)F. The molecule has 1 N–H and O–H groups in total. The first-order valence-corrected chi connectivity index (χ1v) is 5.73. The van der Waals surface area contributed by atoms with Crippen molar-refractivity contribution in [1.29, 1.82) is 0 Å². The highest BCUT2D eigenvalue weighted by Gasteiger charge is 2.27. The minimum atomic E-state index is -4.22. The van der Waals surface area contributed by atoms with Crippen molar-refractivity contribution in [2.24, 2.45) is 5.92 Å². The summed E-state index contributed by atoms with van der Waals surface area (Å²) in [6.45, 7) is 5.79. The molecule has 0 fully saturated rings. The molecule has 0 aliphatic heterocycles. The summed E-state index contributed by atoms with van der Waals surface area (Å²) < 4.78 is 40.3. The second kappa shape index (κ2) is 7.90. The Labute approximate surface area is 95.5 Å². The Hall–Kier alpha value is -0.290. The Balaban J connectivity index is 3.76. The summed E-state index contributed by atoms with van der Waals surface area (Å²) in [5, 5.41) is 3.22. The molecule has 0 heterocycles. The highest BCUT2D eigenvalue weighted by atomic mass is 19.4. The second-order valence-corrected chi connectivity index (χ2v) is 4.35. The van der Waals surface area contributed by atoms with Crippen LogP contribution in [0.1, 0.15) is 33.6 Å². The van der Waals surface area contributed by atoms with Gasteiger partial charge in [0.1, 0.15) is 6.61 Å². The van der Waals surface area contributed by atoms with E-state index in [1.165, 1.54) is 0 Å². The molecule has 0 saturated heterocycles. The molecule has 2 nitrogen and oxygen atoms in total. The maximum Gasteiger partial charge on any atom is 0.411 e. The van der Waals surface area contributed by atoms with Crippen LogP contribution in [0, 0.1) is 5.92 Å². The fourth-order valence-electron chi connectivity index (χ4n) is 1.40. The smallest absolute Gasteiger partial charge is 0.372 e. The molecular weight excluding hydrogens is 219 g/mol. The molecule has 0 aromatic heterocycles. The first-order chi connectivity index (χ1) is 7.35. The zero-order valence-corrected chi connectivity index (χ0v) is 10.2. The number of ether oxygens (including phenoxy) is 1. The van der Waals surface area contributed by atoms with Crippen LogP contribution in [0.4, 0.5) is 13.2 Å². The molecule has 1 atom stereocenters. The lowest BCUT2D eigenvalue weighted by atomic mass is 10.0. The van der Waals surface area contributed by atoms with Gasteiger partial charge in [-0.1, -0.05) is 27.2 Å². The van der Waals surface area contributed by atoms with Gasteiger partial charge in [-0.05, 0) is 12.3 Å². The molecule has 5 heteroatoms. The third-order valence-corrected chi connectivity index (χ3v) is 2.13. The molecule has 0 aromatic carbocycles. The van der Waals surface area contributed by atoms with E-state index in [2.05, 4.69) is 10.1 Å². The average Bonchev–Trinajstić information content (AvgIpc) is 2.12. The topological polar surface area (TPSA) is 21.3 Å². The number of hydrogen-bond donors (Lipinski definition) is 1. The summed E-state index contributed by atoms with van der Waals surface area (Å²) in [5.74, 6) is 0.162. The molecule has 98 valence electrons. The Morgan fingerprint density at radius 3 is 2.31 bits per heavy atom. The van der Waals surface area contributed by atoms with E-state index in [0.29, 0.717) is 12.6 Å².